The van der Waals surface area contributed by atoms with Crippen LogP contribution in [-0.4, -0.2) is 23.7 Å². The summed E-state index contributed by atoms with van der Waals surface area (Å²) in [7, 11) is 0. The molecule has 2 atom stereocenters. The summed E-state index contributed by atoms with van der Waals surface area (Å²) in [6.07, 6.45) is 3.84. The molecule has 1 aliphatic carbocycles. The number of hydrogen-bond acceptors (Lipinski definition) is 3. The predicted octanol–water partition coefficient (Wildman–Crippen LogP) is 1.69. The summed E-state index contributed by atoms with van der Waals surface area (Å²) in [6, 6.07) is 3.69. The first-order valence-corrected chi connectivity index (χ1v) is 6.58. The first-order chi connectivity index (χ1) is 9.11. The largest absolute Gasteiger partial charge is 0.398 e. The number of aliphatic hydroxyl groups excluding tert-OH is 1. The topological polar surface area (TPSA) is 75.4 Å². The van der Waals surface area contributed by atoms with Gasteiger partial charge in [-0.15, -0.1) is 0 Å². The van der Waals surface area contributed by atoms with Gasteiger partial charge in [-0.2, -0.15) is 0 Å². The molecule has 1 aliphatic rings. The Morgan fingerprint density at radius 2 is 2.16 bits per heavy atom. The number of nitrogens with two attached hydrogens (primary N) is 1. The second-order valence-corrected chi connectivity index (χ2v) is 5.04. The lowest BCUT2D eigenvalue weighted by Gasteiger charge is -2.31. The van der Waals surface area contributed by atoms with Crippen molar-refractivity contribution in [3.8, 4) is 0 Å². The number of anilines is 1. The van der Waals surface area contributed by atoms with Crippen molar-refractivity contribution < 1.29 is 14.3 Å². The average molecular weight is 266 g/mol. The number of benzene rings is 1. The highest BCUT2D eigenvalue weighted by Crippen LogP contribution is 2.24. The molecule has 0 saturated heterocycles. The Morgan fingerprint density at radius 1 is 1.42 bits per heavy atom. The molecule has 2 unspecified atom stereocenters. The Kier molecular flexibility index (Phi) is 4.37. The number of rotatable bonds is 3. The third kappa shape index (κ3) is 3.23. The van der Waals surface area contributed by atoms with Crippen LogP contribution in [0, 0.1) is 11.7 Å². The molecule has 1 aromatic carbocycles. The fourth-order valence-corrected chi connectivity index (χ4v) is 2.59. The minimum atomic E-state index is -0.485. The minimum Gasteiger partial charge on any atom is -0.398 e. The molecule has 4 N–H and O–H groups in total. The summed E-state index contributed by atoms with van der Waals surface area (Å²) in [6.45, 7) is 0.0591. The van der Waals surface area contributed by atoms with E-state index in [1.54, 1.807) is 0 Å². The first-order valence-electron chi connectivity index (χ1n) is 6.58. The van der Waals surface area contributed by atoms with Crippen LogP contribution in [0.1, 0.15) is 36.0 Å². The van der Waals surface area contributed by atoms with Gasteiger partial charge in [-0.1, -0.05) is 12.8 Å². The summed E-state index contributed by atoms with van der Waals surface area (Å²) in [5.74, 6) is -0.781. The van der Waals surface area contributed by atoms with Gasteiger partial charge < -0.3 is 16.2 Å². The fraction of sp³-hybridized carbons (Fsp3) is 0.500. The lowest BCUT2D eigenvalue weighted by atomic mass is 9.85. The lowest BCUT2D eigenvalue weighted by molar-refractivity contribution is 0.0873. The van der Waals surface area contributed by atoms with Crippen LogP contribution in [0.2, 0.25) is 0 Å². The van der Waals surface area contributed by atoms with Crippen LogP contribution in [0.25, 0.3) is 0 Å². The molecule has 1 saturated carbocycles. The van der Waals surface area contributed by atoms with E-state index in [1.807, 2.05) is 0 Å². The van der Waals surface area contributed by atoms with Crippen molar-refractivity contribution in [3.63, 3.8) is 0 Å². The van der Waals surface area contributed by atoms with E-state index in [4.69, 9.17) is 5.73 Å². The van der Waals surface area contributed by atoms with E-state index >= 15 is 0 Å². The van der Waals surface area contributed by atoms with Crippen LogP contribution in [0.4, 0.5) is 10.1 Å². The van der Waals surface area contributed by atoms with Gasteiger partial charge in [0.2, 0.25) is 0 Å². The van der Waals surface area contributed by atoms with Crippen LogP contribution in [0.5, 0.6) is 0 Å². The number of carbonyl (C=O) groups is 1. The van der Waals surface area contributed by atoms with Crippen LogP contribution in [0.3, 0.4) is 0 Å². The highest BCUT2D eigenvalue weighted by Gasteiger charge is 2.26. The summed E-state index contributed by atoms with van der Waals surface area (Å²) in [5.41, 5.74) is 6.10. The molecule has 0 aliphatic heterocycles. The molecule has 0 heterocycles. The molecule has 1 fully saturated rings. The lowest BCUT2D eigenvalue weighted by Crippen LogP contribution is -2.43. The number of hydrogen-bond donors (Lipinski definition) is 3. The van der Waals surface area contributed by atoms with E-state index in [1.165, 1.54) is 12.1 Å². The van der Waals surface area contributed by atoms with Crippen molar-refractivity contribution in [1.29, 1.82) is 0 Å². The summed E-state index contributed by atoms with van der Waals surface area (Å²) in [5, 5.41) is 12.2. The average Bonchev–Trinajstić information content (AvgIpc) is 2.42. The maximum Gasteiger partial charge on any atom is 0.253 e. The van der Waals surface area contributed by atoms with Gasteiger partial charge in [0.05, 0.1) is 5.56 Å². The summed E-state index contributed by atoms with van der Waals surface area (Å²) < 4.78 is 13.2. The number of halogens is 1. The van der Waals surface area contributed by atoms with Crippen molar-refractivity contribution in [2.24, 2.45) is 5.92 Å². The predicted molar refractivity (Wildman–Crippen MR) is 71.1 cm³/mol. The number of nitrogen functional groups attached to an aromatic ring is 1. The molecule has 0 aromatic heterocycles. The molecule has 5 heteroatoms. The van der Waals surface area contributed by atoms with Crippen LogP contribution in [-0.2, 0) is 0 Å². The second-order valence-electron chi connectivity index (χ2n) is 5.04. The zero-order chi connectivity index (χ0) is 13.8. The molecule has 104 valence electrons. The number of aliphatic hydroxyl groups is 1. The molecular weight excluding hydrogens is 247 g/mol. The quantitative estimate of drug-likeness (QED) is 0.729. The van der Waals surface area contributed by atoms with Crippen molar-refractivity contribution in [2.45, 2.75) is 31.7 Å². The van der Waals surface area contributed by atoms with Crippen LogP contribution >= 0.6 is 0 Å². The van der Waals surface area contributed by atoms with Crippen LogP contribution in [0.15, 0.2) is 18.2 Å². The van der Waals surface area contributed by atoms with Gasteiger partial charge in [0.15, 0.2) is 0 Å². The van der Waals surface area contributed by atoms with E-state index in [-0.39, 0.29) is 35.7 Å². The normalized spacial score (nSPS) is 23.1. The number of nitrogens with one attached hydrogen (secondary N) is 1. The Bertz CT molecular complexity index is 465. The maximum absolute atomic E-state index is 13.2. The molecule has 0 radical (unpaired) electrons. The number of carbonyl (C=O) groups excluding carboxylic acids is 1. The smallest absolute Gasteiger partial charge is 0.253 e. The van der Waals surface area contributed by atoms with Crippen molar-refractivity contribution in [3.05, 3.63) is 29.6 Å². The highest BCUT2D eigenvalue weighted by molar-refractivity contribution is 5.99. The molecule has 0 spiro atoms. The summed E-state index contributed by atoms with van der Waals surface area (Å²) in [4.78, 5) is 12.1. The van der Waals surface area contributed by atoms with Gasteiger partial charge in [-0.3, -0.25) is 4.79 Å². The molecule has 1 amide bonds. The van der Waals surface area contributed by atoms with E-state index in [0.717, 1.165) is 31.7 Å². The van der Waals surface area contributed by atoms with Crippen molar-refractivity contribution in [1.82, 2.24) is 5.32 Å². The van der Waals surface area contributed by atoms with Gasteiger partial charge in [-0.05, 0) is 31.0 Å². The molecule has 19 heavy (non-hydrogen) atoms. The Morgan fingerprint density at radius 3 is 2.89 bits per heavy atom. The van der Waals surface area contributed by atoms with Gasteiger partial charge in [0.1, 0.15) is 5.82 Å². The van der Waals surface area contributed by atoms with Gasteiger partial charge in [0, 0.05) is 24.3 Å². The fourth-order valence-electron chi connectivity index (χ4n) is 2.59. The number of amides is 1. The van der Waals surface area contributed by atoms with Crippen molar-refractivity contribution >= 4 is 11.6 Å². The third-order valence-corrected chi connectivity index (χ3v) is 3.72. The standard InChI is InChI=1S/C14H19FN2O2/c15-10-5-6-12(16)11(7-10)14(19)17-13-4-2-1-3-9(13)8-18/h5-7,9,13,18H,1-4,8,16H2,(H,17,19). The van der Waals surface area contributed by atoms with E-state index in [0.29, 0.717) is 0 Å². The zero-order valence-corrected chi connectivity index (χ0v) is 10.7. The minimum absolute atomic E-state index is 0.0591. The second kappa shape index (κ2) is 6.02. The molecule has 2 rings (SSSR count). The Labute approximate surface area is 111 Å². The molecule has 0 bridgehead atoms. The first kappa shape index (κ1) is 13.8. The Balaban J connectivity index is 2.09. The van der Waals surface area contributed by atoms with Gasteiger partial charge in [-0.25, -0.2) is 4.39 Å². The summed E-state index contributed by atoms with van der Waals surface area (Å²) >= 11 is 0. The van der Waals surface area contributed by atoms with E-state index < -0.39 is 5.82 Å². The van der Waals surface area contributed by atoms with Crippen molar-refractivity contribution in [2.75, 3.05) is 12.3 Å². The molecule has 1 aromatic rings. The van der Waals surface area contributed by atoms with Crippen LogP contribution < -0.4 is 11.1 Å². The van der Waals surface area contributed by atoms with E-state index in [9.17, 15) is 14.3 Å². The maximum atomic E-state index is 13.2. The Hall–Kier alpha value is -1.62. The van der Waals surface area contributed by atoms with Gasteiger partial charge >= 0.3 is 0 Å². The molecular formula is C14H19FN2O2. The van der Waals surface area contributed by atoms with Gasteiger partial charge in [0.25, 0.3) is 5.91 Å². The SMILES string of the molecule is Nc1ccc(F)cc1C(=O)NC1CCCCC1CO. The highest BCUT2D eigenvalue weighted by atomic mass is 19.1. The monoisotopic (exact) mass is 266 g/mol. The molecule has 4 nitrogen and oxygen atoms in total. The zero-order valence-electron chi connectivity index (χ0n) is 10.7. The third-order valence-electron chi connectivity index (χ3n) is 3.72. The van der Waals surface area contributed by atoms with E-state index in [2.05, 4.69) is 5.32 Å².